The minimum Gasteiger partial charge on any atom is -0.487 e. The van der Waals surface area contributed by atoms with Gasteiger partial charge in [0.1, 0.15) is 18.9 Å². The summed E-state index contributed by atoms with van der Waals surface area (Å²) in [6.07, 6.45) is 1.59. The lowest BCUT2D eigenvalue weighted by molar-refractivity contribution is -0.127. The molecule has 1 saturated heterocycles. The molecule has 0 atom stereocenters. The van der Waals surface area contributed by atoms with Crippen molar-refractivity contribution in [2.24, 2.45) is 5.73 Å². The third-order valence-electron chi connectivity index (χ3n) is 4.01. The number of benzene rings is 2. The van der Waals surface area contributed by atoms with Gasteiger partial charge in [0.25, 0.3) is 11.1 Å². The van der Waals surface area contributed by atoms with E-state index in [9.17, 15) is 14.4 Å². The van der Waals surface area contributed by atoms with Crippen molar-refractivity contribution in [3.05, 3.63) is 66.9 Å². The Labute approximate surface area is 188 Å². The number of ether oxygens (including phenoxy) is 1. The molecule has 2 N–H and O–H groups in total. The van der Waals surface area contributed by atoms with Gasteiger partial charge < -0.3 is 10.5 Å². The second kappa shape index (κ2) is 9.15. The lowest BCUT2D eigenvalue weighted by Crippen LogP contribution is -2.36. The summed E-state index contributed by atoms with van der Waals surface area (Å²) in [4.78, 5) is 36.4. The van der Waals surface area contributed by atoms with Crippen molar-refractivity contribution in [1.82, 2.24) is 4.90 Å². The zero-order valence-electron chi connectivity index (χ0n) is 15.3. The molecule has 1 heterocycles. The molecule has 0 bridgehead atoms. The Morgan fingerprint density at radius 3 is 2.38 bits per heavy atom. The van der Waals surface area contributed by atoms with E-state index < -0.39 is 23.6 Å². The molecule has 6 nitrogen and oxygen atoms in total. The summed E-state index contributed by atoms with van der Waals surface area (Å²) in [6, 6.07) is 11.6. The van der Waals surface area contributed by atoms with Gasteiger partial charge in [0, 0.05) is 0 Å². The molecule has 150 valence electrons. The van der Waals surface area contributed by atoms with Gasteiger partial charge in [0.2, 0.25) is 5.91 Å². The van der Waals surface area contributed by atoms with E-state index in [-0.39, 0.29) is 4.91 Å². The van der Waals surface area contributed by atoms with Crippen LogP contribution in [-0.4, -0.2) is 28.5 Å². The smallest absolute Gasteiger partial charge is 0.294 e. The van der Waals surface area contributed by atoms with E-state index in [0.717, 1.165) is 22.2 Å². The summed E-state index contributed by atoms with van der Waals surface area (Å²) >= 11 is 7.75. The zero-order valence-corrected chi connectivity index (χ0v) is 19.3. The number of rotatable bonds is 6. The summed E-state index contributed by atoms with van der Waals surface area (Å²) in [6.45, 7) is 2.00. The maximum atomic E-state index is 12.3. The van der Waals surface area contributed by atoms with E-state index in [1.807, 2.05) is 31.2 Å². The van der Waals surface area contributed by atoms with Gasteiger partial charge in [-0.05, 0) is 79.9 Å². The number of nitrogens with zero attached hydrogens (tertiary/aromatic N) is 1. The van der Waals surface area contributed by atoms with Gasteiger partial charge in [-0.1, -0.05) is 29.8 Å². The normalized spacial score (nSPS) is 15.3. The molecule has 29 heavy (non-hydrogen) atoms. The van der Waals surface area contributed by atoms with Crippen LogP contribution >= 0.6 is 43.6 Å². The van der Waals surface area contributed by atoms with E-state index in [1.54, 1.807) is 18.2 Å². The number of amides is 3. The molecule has 3 amide bonds. The van der Waals surface area contributed by atoms with Crippen LogP contribution in [0.3, 0.4) is 0 Å². The molecule has 2 aromatic rings. The Morgan fingerprint density at radius 1 is 1.17 bits per heavy atom. The van der Waals surface area contributed by atoms with Crippen LogP contribution in [0.1, 0.15) is 16.7 Å². The number of hydrogen-bond acceptors (Lipinski definition) is 5. The second-order valence-corrected chi connectivity index (χ2v) is 9.02. The quantitative estimate of drug-likeness (QED) is 0.541. The number of primary amides is 1. The van der Waals surface area contributed by atoms with Gasteiger partial charge in [-0.2, -0.15) is 0 Å². The summed E-state index contributed by atoms with van der Waals surface area (Å²) in [5.41, 5.74) is 8.00. The van der Waals surface area contributed by atoms with E-state index in [2.05, 4.69) is 31.9 Å². The molecule has 0 aliphatic carbocycles. The third kappa shape index (κ3) is 5.29. The summed E-state index contributed by atoms with van der Waals surface area (Å²) in [7, 11) is 0. The second-order valence-electron chi connectivity index (χ2n) is 6.32. The van der Waals surface area contributed by atoms with Crippen LogP contribution < -0.4 is 10.5 Å². The number of imide groups is 1. The van der Waals surface area contributed by atoms with Crippen molar-refractivity contribution < 1.29 is 19.1 Å². The fourth-order valence-corrected chi connectivity index (χ4v) is 4.87. The Bertz CT molecular complexity index is 999. The first kappa shape index (κ1) is 21.6. The van der Waals surface area contributed by atoms with Crippen LogP contribution in [0.4, 0.5) is 4.79 Å². The molecule has 1 aliphatic heterocycles. The van der Waals surface area contributed by atoms with Crippen LogP contribution in [0.25, 0.3) is 6.08 Å². The van der Waals surface area contributed by atoms with E-state index >= 15 is 0 Å². The largest absolute Gasteiger partial charge is 0.487 e. The molecular weight excluding hydrogens is 524 g/mol. The number of thioether (sulfide) groups is 1. The molecular formula is C20H16Br2N2O4S. The average molecular weight is 540 g/mol. The van der Waals surface area contributed by atoms with Gasteiger partial charge >= 0.3 is 0 Å². The molecule has 0 radical (unpaired) electrons. The van der Waals surface area contributed by atoms with Crippen molar-refractivity contribution in [1.29, 1.82) is 0 Å². The monoisotopic (exact) mass is 538 g/mol. The van der Waals surface area contributed by atoms with E-state index in [1.165, 1.54) is 5.56 Å². The molecule has 9 heteroatoms. The Morgan fingerprint density at radius 2 is 1.79 bits per heavy atom. The fraction of sp³-hybridized carbons (Fsp3) is 0.150. The predicted molar refractivity (Wildman–Crippen MR) is 119 cm³/mol. The first-order valence-corrected chi connectivity index (χ1v) is 10.9. The first-order valence-electron chi connectivity index (χ1n) is 8.45. The summed E-state index contributed by atoms with van der Waals surface area (Å²) in [5, 5.41) is -0.517. The van der Waals surface area contributed by atoms with Crippen molar-refractivity contribution in [3.8, 4) is 5.75 Å². The molecule has 1 aliphatic rings. The molecule has 0 unspecified atom stereocenters. The first-order chi connectivity index (χ1) is 13.7. The minimum atomic E-state index is -0.742. The average Bonchev–Trinajstić information content (AvgIpc) is 2.89. The Hall–Kier alpha value is -2.10. The van der Waals surface area contributed by atoms with Crippen LogP contribution in [0.2, 0.25) is 0 Å². The predicted octanol–water partition coefficient (Wildman–Crippen LogP) is 4.62. The highest BCUT2D eigenvalue weighted by Crippen LogP contribution is 2.38. The van der Waals surface area contributed by atoms with Crippen LogP contribution in [0.5, 0.6) is 5.75 Å². The number of carbonyl (C=O) groups is 3. The summed E-state index contributed by atoms with van der Waals surface area (Å²) < 4.78 is 7.31. The van der Waals surface area contributed by atoms with Crippen molar-refractivity contribution in [2.75, 3.05) is 6.54 Å². The molecule has 2 aromatic carbocycles. The molecule has 0 aromatic heterocycles. The van der Waals surface area contributed by atoms with Crippen molar-refractivity contribution in [2.45, 2.75) is 13.5 Å². The zero-order chi connectivity index (χ0) is 21.1. The number of halogens is 2. The Kier molecular flexibility index (Phi) is 6.81. The molecule has 0 saturated carbocycles. The van der Waals surface area contributed by atoms with Gasteiger partial charge in [-0.3, -0.25) is 19.3 Å². The highest BCUT2D eigenvalue weighted by atomic mass is 79.9. The number of hydrogen-bond donors (Lipinski definition) is 1. The molecule has 1 fully saturated rings. The van der Waals surface area contributed by atoms with Gasteiger partial charge in [-0.15, -0.1) is 0 Å². The highest BCUT2D eigenvalue weighted by molar-refractivity contribution is 9.11. The highest BCUT2D eigenvalue weighted by Gasteiger charge is 2.35. The van der Waals surface area contributed by atoms with Crippen LogP contribution in [-0.2, 0) is 16.2 Å². The fourth-order valence-electron chi connectivity index (χ4n) is 2.58. The number of nitrogens with two attached hydrogens (primary N) is 1. The SMILES string of the molecule is Cc1ccc(COc2c(Br)cc(/C=C3\SC(=O)N(CC(N)=O)C3=O)cc2Br)cc1. The van der Waals surface area contributed by atoms with E-state index in [0.29, 0.717) is 26.9 Å². The molecule has 0 spiro atoms. The lowest BCUT2D eigenvalue weighted by Gasteiger charge is -2.12. The van der Waals surface area contributed by atoms with E-state index in [4.69, 9.17) is 10.5 Å². The molecule has 3 rings (SSSR count). The summed E-state index contributed by atoms with van der Waals surface area (Å²) in [5.74, 6) is -0.649. The maximum absolute atomic E-state index is 12.3. The number of carbonyl (C=O) groups excluding carboxylic acids is 3. The van der Waals surface area contributed by atoms with Gasteiger partial charge in [0.05, 0.1) is 13.9 Å². The van der Waals surface area contributed by atoms with Crippen molar-refractivity contribution >= 4 is 66.8 Å². The standard InChI is InChI=1S/C20H16Br2N2O4S/c1-11-2-4-12(5-3-11)10-28-18-14(21)6-13(7-15(18)22)8-16-19(26)24(9-17(23)25)20(27)29-16/h2-8H,9-10H2,1H3,(H2,23,25)/b16-8-. The topological polar surface area (TPSA) is 89.7 Å². The lowest BCUT2D eigenvalue weighted by atomic mass is 10.1. The van der Waals surface area contributed by atoms with Crippen LogP contribution in [0.15, 0.2) is 50.2 Å². The Balaban J connectivity index is 1.77. The van der Waals surface area contributed by atoms with Gasteiger partial charge in [-0.25, -0.2) is 0 Å². The maximum Gasteiger partial charge on any atom is 0.294 e. The van der Waals surface area contributed by atoms with Gasteiger partial charge in [0.15, 0.2) is 0 Å². The van der Waals surface area contributed by atoms with Crippen molar-refractivity contribution in [3.63, 3.8) is 0 Å². The third-order valence-corrected chi connectivity index (χ3v) is 6.10. The van der Waals surface area contributed by atoms with Crippen LogP contribution in [0, 0.1) is 6.92 Å². The number of aryl methyl sites for hydroxylation is 1. The minimum absolute atomic E-state index is 0.225.